The molecule has 0 spiro atoms. The summed E-state index contributed by atoms with van der Waals surface area (Å²) in [7, 11) is 1.50. The number of hydrogen-bond acceptors (Lipinski definition) is 5. The van der Waals surface area contributed by atoms with Crippen LogP contribution < -0.4 is 10.7 Å². The van der Waals surface area contributed by atoms with Crippen molar-refractivity contribution in [2.24, 2.45) is 0 Å². The van der Waals surface area contributed by atoms with Crippen LogP contribution in [-0.4, -0.2) is 50.8 Å². The second-order valence-corrected chi connectivity index (χ2v) is 6.71. The van der Waals surface area contributed by atoms with Crippen molar-refractivity contribution in [1.82, 2.24) is 20.3 Å². The number of nitrogens with zero attached hydrogens (tertiary/aromatic N) is 3. The third kappa shape index (κ3) is 4.15. The van der Waals surface area contributed by atoms with Gasteiger partial charge in [0.05, 0.1) is 6.42 Å². The average Bonchev–Trinajstić information content (AvgIpc) is 2.87. The van der Waals surface area contributed by atoms with Crippen molar-refractivity contribution in [2.45, 2.75) is 19.4 Å². The normalized spacial score (nSPS) is 16.3. The number of likely N-dealkylation sites (N-methyl/N-ethyl adjacent to an activating group) is 1. The van der Waals surface area contributed by atoms with Gasteiger partial charge >= 0.3 is 0 Å². The molecule has 1 aromatic heterocycles. The number of amides is 3. The number of aromatic nitrogens is 1. The SMILES string of the molecule is Cc1cccc(NC(=O)CC2C(=O)N(C)C(=S)N2NC(=O)c2ccccn2)c1. The first kappa shape index (κ1) is 19.4. The molecule has 1 fully saturated rings. The highest BCUT2D eigenvalue weighted by Gasteiger charge is 2.42. The first-order chi connectivity index (χ1) is 13.4. The highest BCUT2D eigenvalue weighted by atomic mass is 32.1. The molecule has 2 N–H and O–H groups in total. The van der Waals surface area contributed by atoms with E-state index in [4.69, 9.17) is 12.2 Å². The maximum absolute atomic E-state index is 12.5. The molecule has 9 heteroatoms. The van der Waals surface area contributed by atoms with Gasteiger partial charge in [0.25, 0.3) is 11.8 Å². The molecule has 0 saturated carbocycles. The molecular weight excluding hydrogens is 378 g/mol. The Labute approximate surface area is 167 Å². The van der Waals surface area contributed by atoms with Crippen molar-refractivity contribution >= 4 is 40.7 Å². The molecule has 144 valence electrons. The number of hydrogen-bond donors (Lipinski definition) is 2. The summed E-state index contributed by atoms with van der Waals surface area (Å²) in [5, 5.41) is 4.11. The van der Waals surface area contributed by atoms with Crippen LogP contribution in [0.2, 0.25) is 0 Å². The van der Waals surface area contributed by atoms with Crippen LogP contribution in [0.25, 0.3) is 0 Å². The Hall–Kier alpha value is -3.33. The van der Waals surface area contributed by atoms with Gasteiger partial charge < -0.3 is 5.32 Å². The Bertz CT molecular complexity index is 934. The maximum Gasteiger partial charge on any atom is 0.288 e. The lowest BCUT2D eigenvalue weighted by molar-refractivity contribution is -0.130. The minimum absolute atomic E-state index is 0.114. The molecule has 8 nitrogen and oxygen atoms in total. The van der Waals surface area contributed by atoms with E-state index in [1.165, 1.54) is 23.2 Å². The standard InChI is InChI=1S/C19H19N5O3S/c1-12-6-5-7-13(10-12)21-16(25)11-15-18(27)23(2)19(28)24(15)22-17(26)14-8-3-4-9-20-14/h3-10,15H,11H2,1-2H3,(H,21,25)(H,22,26). The quantitative estimate of drug-likeness (QED) is 0.743. The van der Waals surface area contributed by atoms with Crippen LogP contribution in [0, 0.1) is 6.92 Å². The minimum Gasteiger partial charge on any atom is -0.326 e. The molecule has 0 radical (unpaired) electrons. The van der Waals surface area contributed by atoms with Crippen LogP contribution in [0.15, 0.2) is 48.7 Å². The van der Waals surface area contributed by atoms with E-state index in [1.807, 2.05) is 25.1 Å². The largest absolute Gasteiger partial charge is 0.326 e. The molecule has 0 bridgehead atoms. The second-order valence-electron chi connectivity index (χ2n) is 6.34. The molecule has 3 rings (SSSR count). The van der Waals surface area contributed by atoms with Crippen LogP contribution in [0.4, 0.5) is 5.69 Å². The lowest BCUT2D eigenvalue weighted by Gasteiger charge is -2.23. The van der Waals surface area contributed by atoms with Crippen LogP contribution in [0.5, 0.6) is 0 Å². The van der Waals surface area contributed by atoms with Crippen molar-refractivity contribution in [3.05, 3.63) is 59.9 Å². The van der Waals surface area contributed by atoms with Gasteiger partial charge in [-0.1, -0.05) is 18.2 Å². The number of anilines is 1. The topological polar surface area (TPSA) is 94.6 Å². The summed E-state index contributed by atoms with van der Waals surface area (Å²) < 4.78 is 0. The molecule has 1 aliphatic rings. The molecule has 2 heterocycles. The number of aryl methyl sites for hydroxylation is 1. The van der Waals surface area contributed by atoms with Gasteiger partial charge in [-0.25, -0.2) is 5.01 Å². The summed E-state index contributed by atoms with van der Waals surface area (Å²) in [6, 6.07) is 11.3. The Kier molecular flexibility index (Phi) is 5.65. The Balaban J connectivity index is 1.73. The van der Waals surface area contributed by atoms with Gasteiger partial charge in [-0.15, -0.1) is 0 Å². The summed E-state index contributed by atoms with van der Waals surface area (Å²) in [5.74, 6) is -1.25. The molecule has 1 unspecified atom stereocenters. The van der Waals surface area contributed by atoms with Gasteiger partial charge in [0.1, 0.15) is 11.7 Å². The smallest absolute Gasteiger partial charge is 0.288 e. The van der Waals surface area contributed by atoms with Gasteiger partial charge in [-0.2, -0.15) is 0 Å². The zero-order valence-corrected chi connectivity index (χ0v) is 16.2. The average molecular weight is 397 g/mol. The monoisotopic (exact) mass is 397 g/mol. The first-order valence-electron chi connectivity index (χ1n) is 8.56. The number of carbonyl (C=O) groups is 3. The highest BCUT2D eigenvalue weighted by molar-refractivity contribution is 7.80. The molecular formula is C19H19N5O3S. The summed E-state index contributed by atoms with van der Waals surface area (Å²) in [5.41, 5.74) is 4.39. The van der Waals surface area contributed by atoms with E-state index in [-0.39, 0.29) is 29.0 Å². The number of hydrazine groups is 1. The number of pyridine rings is 1. The van der Waals surface area contributed by atoms with Gasteiger partial charge in [-0.05, 0) is 49.0 Å². The summed E-state index contributed by atoms with van der Waals surface area (Å²) in [6.07, 6.45) is 1.32. The lowest BCUT2D eigenvalue weighted by atomic mass is 10.1. The first-order valence-corrected chi connectivity index (χ1v) is 8.97. The third-order valence-electron chi connectivity index (χ3n) is 4.22. The van der Waals surface area contributed by atoms with Crippen LogP contribution in [-0.2, 0) is 9.59 Å². The van der Waals surface area contributed by atoms with Crippen molar-refractivity contribution in [3.63, 3.8) is 0 Å². The van der Waals surface area contributed by atoms with Crippen LogP contribution >= 0.6 is 12.2 Å². The predicted molar refractivity (Wildman–Crippen MR) is 107 cm³/mol. The van der Waals surface area contributed by atoms with Crippen LogP contribution in [0.3, 0.4) is 0 Å². The number of rotatable bonds is 5. The van der Waals surface area contributed by atoms with Crippen molar-refractivity contribution in [1.29, 1.82) is 0 Å². The van der Waals surface area contributed by atoms with Gasteiger partial charge in [-0.3, -0.25) is 29.7 Å². The molecule has 1 aromatic carbocycles. The van der Waals surface area contributed by atoms with E-state index >= 15 is 0 Å². The van der Waals surface area contributed by atoms with Gasteiger partial charge in [0.2, 0.25) is 5.91 Å². The molecule has 28 heavy (non-hydrogen) atoms. The van der Waals surface area contributed by atoms with E-state index in [0.29, 0.717) is 5.69 Å². The van der Waals surface area contributed by atoms with E-state index in [0.717, 1.165) is 5.56 Å². The molecule has 2 aromatic rings. The molecule has 1 saturated heterocycles. The maximum atomic E-state index is 12.5. The fourth-order valence-electron chi connectivity index (χ4n) is 2.80. The van der Waals surface area contributed by atoms with E-state index in [2.05, 4.69) is 15.7 Å². The molecule has 3 amide bonds. The number of nitrogens with one attached hydrogen (secondary N) is 2. The lowest BCUT2D eigenvalue weighted by Crippen LogP contribution is -2.49. The highest BCUT2D eigenvalue weighted by Crippen LogP contribution is 2.19. The van der Waals surface area contributed by atoms with E-state index < -0.39 is 11.9 Å². The molecule has 1 atom stereocenters. The van der Waals surface area contributed by atoms with E-state index in [1.54, 1.807) is 24.3 Å². The van der Waals surface area contributed by atoms with Crippen molar-refractivity contribution < 1.29 is 14.4 Å². The zero-order valence-electron chi connectivity index (χ0n) is 15.4. The summed E-state index contributed by atoms with van der Waals surface area (Å²) in [4.78, 5) is 42.6. The minimum atomic E-state index is -0.935. The summed E-state index contributed by atoms with van der Waals surface area (Å²) >= 11 is 5.25. The number of benzene rings is 1. The van der Waals surface area contributed by atoms with E-state index in [9.17, 15) is 14.4 Å². The Morgan fingerprint density at radius 3 is 2.68 bits per heavy atom. The zero-order chi connectivity index (χ0) is 20.3. The Morgan fingerprint density at radius 2 is 2.00 bits per heavy atom. The van der Waals surface area contributed by atoms with Gasteiger partial charge in [0, 0.05) is 18.9 Å². The fourth-order valence-corrected chi connectivity index (χ4v) is 3.06. The Morgan fingerprint density at radius 1 is 1.21 bits per heavy atom. The molecule has 1 aliphatic heterocycles. The van der Waals surface area contributed by atoms with Crippen molar-refractivity contribution in [2.75, 3.05) is 12.4 Å². The van der Waals surface area contributed by atoms with Crippen molar-refractivity contribution in [3.8, 4) is 0 Å². The molecule has 0 aliphatic carbocycles. The number of thiocarbonyl (C=S) groups is 1. The second kappa shape index (κ2) is 8.13. The fraction of sp³-hybridized carbons (Fsp3) is 0.211. The predicted octanol–water partition coefficient (Wildman–Crippen LogP) is 1.49. The van der Waals surface area contributed by atoms with Crippen LogP contribution in [0.1, 0.15) is 22.5 Å². The summed E-state index contributed by atoms with van der Waals surface area (Å²) in [6.45, 7) is 1.92. The number of carbonyl (C=O) groups excluding carboxylic acids is 3. The third-order valence-corrected chi connectivity index (χ3v) is 4.69. The van der Waals surface area contributed by atoms with Gasteiger partial charge in [0.15, 0.2) is 5.11 Å².